The first-order chi connectivity index (χ1) is 11.2. The van der Waals surface area contributed by atoms with E-state index in [1.165, 1.54) is 6.92 Å². The third-order valence-corrected chi connectivity index (χ3v) is 8.80. The van der Waals surface area contributed by atoms with Crippen molar-refractivity contribution in [1.82, 2.24) is 0 Å². The first kappa shape index (κ1) is 16.8. The highest BCUT2D eigenvalue weighted by Crippen LogP contribution is 2.47. The lowest BCUT2D eigenvalue weighted by molar-refractivity contribution is 0.0359. The average Bonchev–Trinajstić information content (AvgIpc) is 3.26. The highest BCUT2D eigenvalue weighted by Gasteiger charge is 2.42. The van der Waals surface area contributed by atoms with Crippen molar-refractivity contribution < 1.29 is 25.2 Å². The molecular formula is C16H22O6S2. The molecule has 0 aromatic carbocycles. The fraction of sp³-hybridized carbons (Fsp3) is 0.750. The molecule has 0 aliphatic heterocycles. The van der Waals surface area contributed by atoms with Gasteiger partial charge in [0.15, 0.2) is 6.29 Å². The second kappa shape index (κ2) is 5.65. The van der Waals surface area contributed by atoms with Gasteiger partial charge in [-0.2, -0.15) is 16.8 Å². The minimum atomic E-state index is -3.94. The van der Waals surface area contributed by atoms with E-state index in [-0.39, 0.29) is 11.8 Å². The first-order valence-corrected chi connectivity index (χ1v) is 11.4. The quantitative estimate of drug-likeness (QED) is 0.525. The molecule has 0 heterocycles. The maximum Gasteiger partial charge on any atom is 0.295 e. The van der Waals surface area contributed by atoms with Crippen LogP contribution in [0.1, 0.15) is 45.4 Å². The molecule has 4 unspecified atom stereocenters. The molecule has 0 amide bonds. The van der Waals surface area contributed by atoms with E-state index in [0.717, 1.165) is 38.5 Å². The Labute approximate surface area is 143 Å². The Balaban J connectivity index is 1.44. The van der Waals surface area contributed by atoms with E-state index in [0.29, 0.717) is 21.6 Å². The molecule has 0 spiro atoms. The largest absolute Gasteiger partial charge is 0.295 e. The van der Waals surface area contributed by atoms with Crippen LogP contribution in [-0.2, 0) is 28.6 Å². The summed E-state index contributed by atoms with van der Waals surface area (Å²) in [7, 11) is -7.89. The summed E-state index contributed by atoms with van der Waals surface area (Å²) in [6, 6.07) is 0. The van der Waals surface area contributed by atoms with Gasteiger partial charge in [0.25, 0.3) is 20.2 Å². The number of rotatable bonds is 6. The van der Waals surface area contributed by atoms with E-state index in [4.69, 9.17) is 8.37 Å². The Morgan fingerprint density at radius 3 is 1.54 bits per heavy atom. The van der Waals surface area contributed by atoms with Crippen molar-refractivity contribution in [1.29, 1.82) is 0 Å². The molecule has 134 valence electrons. The molecule has 2 fully saturated rings. The molecule has 24 heavy (non-hydrogen) atoms. The van der Waals surface area contributed by atoms with Crippen LogP contribution in [0.3, 0.4) is 0 Å². The zero-order chi connectivity index (χ0) is 17.1. The smallest absolute Gasteiger partial charge is 0.234 e. The zero-order valence-electron chi connectivity index (χ0n) is 13.6. The van der Waals surface area contributed by atoms with Crippen LogP contribution in [0.25, 0.3) is 0 Å². The zero-order valence-corrected chi connectivity index (χ0v) is 15.2. The molecule has 0 aromatic rings. The molecule has 4 atom stereocenters. The van der Waals surface area contributed by atoms with Gasteiger partial charge in [0.2, 0.25) is 0 Å². The van der Waals surface area contributed by atoms with Gasteiger partial charge in [-0.05, 0) is 69.1 Å². The molecular weight excluding hydrogens is 352 g/mol. The normalized spacial score (nSPS) is 36.0. The van der Waals surface area contributed by atoms with Crippen molar-refractivity contribution in [2.75, 3.05) is 0 Å². The van der Waals surface area contributed by atoms with Crippen molar-refractivity contribution in [2.45, 2.75) is 51.7 Å². The van der Waals surface area contributed by atoms with Gasteiger partial charge >= 0.3 is 0 Å². The predicted molar refractivity (Wildman–Crippen MR) is 87.3 cm³/mol. The van der Waals surface area contributed by atoms with Crippen LogP contribution in [0.2, 0.25) is 0 Å². The van der Waals surface area contributed by atoms with Crippen molar-refractivity contribution in [3.8, 4) is 0 Å². The van der Waals surface area contributed by atoms with Gasteiger partial charge in [-0.25, -0.2) is 8.37 Å². The molecule has 8 heteroatoms. The lowest BCUT2D eigenvalue weighted by Crippen LogP contribution is -2.25. The Morgan fingerprint density at radius 2 is 1.25 bits per heavy atom. The molecule has 0 radical (unpaired) electrons. The maximum atomic E-state index is 12.4. The van der Waals surface area contributed by atoms with Crippen molar-refractivity contribution in [3.05, 3.63) is 22.0 Å². The number of hydrogen-bond acceptors (Lipinski definition) is 6. The van der Waals surface area contributed by atoms with Crippen LogP contribution in [-0.4, -0.2) is 23.1 Å². The predicted octanol–water partition coefficient (Wildman–Crippen LogP) is 2.65. The molecule has 0 aromatic heterocycles. The Hall–Kier alpha value is -0.700. The van der Waals surface area contributed by atoms with Crippen LogP contribution < -0.4 is 0 Å². The number of hydrogen-bond donors (Lipinski definition) is 0. The van der Waals surface area contributed by atoms with Crippen LogP contribution in [0.15, 0.2) is 22.0 Å². The topological polar surface area (TPSA) is 86.7 Å². The van der Waals surface area contributed by atoms with Crippen LogP contribution in [0.5, 0.6) is 0 Å². The number of fused-ring (bicyclic) bond motifs is 4. The van der Waals surface area contributed by atoms with Crippen LogP contribution in [0, 0.1) is 23.7 Å². The Bertz CT molecular complexity index is 740. The highest BCUT2D eigenvalue weighted by molar-refractivity contribution is 7.91. The molecule has 0 saturated heterocycles. The Kier molecular flexibility index (Phi) is 3.95. The molecule has 4 aliphatic rings. The summed E-state index contributed by atoms with van der Waals surface area (Å²) >= 11 is 0. The van der Waals surface area contributed by atoms with E-state index >= 15 is 0 Å². The molecule has 0 N–H and O–H groups in total. The summed E-state index contributed by atoms with van der Waals surface area (Å²) in [5.74, 6) is 0.638. The first-order valence-electron chi connectivity index (χ1n) is 8.54. The summed E-state index contributed by atoms with van der Waals surface area (Å²) in [6.45, 7) is 1.32. The number of allylic oxidation sites excluding steroid dienone is 4. The van der Waals surface area contributed by atoms with Gasteiger partial charge < -0.3 is 0 Å². The van der Waals surface area contributed by atoms with Gasteiger partial charge in [-0.3, -0.25) is 0 Å². The SMILES string of the molecule is CC(OS(=O)(=O)C1=CC2CCC1C2)OS(=O)(=O)C1=CC2CCC1C2. The fourth-order valence-corrected chi connectivity index (χ4v) is 7.68. The molecule has 4 bridgehead atoms. The Morgan fingerprint density at radius 1 is 0.833 bits per heavy atom. The van der Waals surface area contributed by atoms with Crippen molar-refractivity contribution in [3.63, 3.8) is 0 Å². The minimum absolute atomic E-state index is 0.0112. The van der Waals surface area contributed by atoms with E-state index in [9.17, 15) is 16.8 Å². The van der Waals surface area contributed by atoms with E-state index in [2.05, 4.69) is 0 Å². The third-order valence-electron chi connectivity index (χ3n) is 5.65. The van der Waals surface area contributed by atoms with Crippen LogP contribution in [0.4, 0.5) is 0 Å². The maximum absolute atomic E-state index is 12.4. The van der Waals surface area contributed by atoms with Crippen LogP contribution >= 0.6 is 0 Å². The second-order valence-electron chi connectivity index (χ2n) is 7.35. The molecule has 6 nitrogen and oxygen atoms in total. The summed E-state index contributed by atoms with van der Waals surface area (Å²) in [4.78, 5) is 0.594. The summed E-state index contributed by atoms with van der Waals surface area (Å²) in [6.07, 6.45) is 7.57. The fourth-order valence-electron chi connectivity index (χ4n) is 4.65. The highest BCUT2D eigenvalue weighted by atomic mass is 32.2. The summed E-state index contributed by atoms with van der Waals surface area (Å²) in [5, 5.41) is 0. The summed E-state index contributed by atoms with van der Waals surface area (Å²) < 4.78 is 59.6. The van der Waals surface area contributed by atoms with Gasteiger partial charge in [0.05, 0.1) is 9.81 Å². The standard InChI is InChI=1S/C16H22O6S2/c1-10(21-23(17,18)15-8-11-2-4-13(15)6-11)22-24(19,20)16-9-12-3-5-14(16)7-12/h8-14H,2-7H2,1H3. The lowest BCUT2D eigenvalue weighted by Gasteiger charge is -2.19. The molecule has 4 rings (SSSR count). The lowest BCUT2D eigenvalue weighted by atomic mass is 10.1. The van der Waals surface area contributed by atoms with Gasteiger partial charge in [0.1, 0.15) is 0 Å². The summed E-state index contributed by atoms with van der Waals surface area (Å²) in [5.41, 5.74) is 0. The van der Waals surface area contributed by atoms with Crippen molar-refractivity contribution in [2.24, 2.45) is 23.7 Å². The monoisotopic (exact) mass is 374 g/mol. The van der Waals surface area contributed by atoms with Gasteiger partial charge in [0, 0.05) is 0 Å². The van der Waals surface area contributed by atoms with Gasteiger partial charge in [-0.1, -0.05) is 12.2 Å². The third kappa shape index (κ3) is 2.87. The second-order valence-corrected chi connectivity index (χ2v) is 10.5. The van der Waals surface area contributed by atoms with Gasteiger partial charge in [-0.15, -0.1) is 0 Å². The van der Waals surface area contributed by atoms with Crippen molar-refractivity contribution >= 4 is 20.2 Å². The van der Waals surface area contributed by atoms with E-state index < -0.39 is 26.5 Å². The minimum Gasteiger partial charge on any atom is -0.234 e. The van der Waals surface area contributed by atoms with E-state index in [1.807, 2.05) is 0 Å². The average molecular weight is 374 g/mol. The molecule has 4 aliphatic carbocycles. The molecule has 2 saturated carbocycles. The van der Waals surface area contributed by atoms with E-state index in [1.54, 1.807) is 12.2 Å².